The molecule has 0 radical (unpaired) electrons. The maximum Gasteiger partial charge on any atom is 0.308 e. The molecule has 2 amide bonds. The van der Waals surface area contributed by atoms with Crippen molar-refractivity contribution >= 4 is 17.8 Å². The Morgan fingerprint density at radius 1 is 1.00 bits per heavy atom. The first-order valence-corrected chi connectivity index (χ1v) is 8.75. The van der Waals surface area contributed by atoms with Gasteiger partial charge in [-0.25, -0.2) is 0 Å². The summed E-state index contributed by atoms with van der Waals surface area (Å²) >= 11 is 0. The Labute approximate surface area is 158 Å². The predicted octanol–water partition coefficient (Wildman–Crippen LogP) is 2.30. The second-order valence-electron chi connectivity index (χ2n) is 6.55. The topological polar surface area (TPSA) is 95.5 Å². The van der Waals surface area contributed by atoms with Crippen LogP contribution < -0.4 is 10.6 Å². The van der Waals surface area contributed by atoms with E-state index in [0.717, 1.165) is 16.7 Å². The highest BCUT2D eigenvalue weighted by molar-refractivity contribution is 5.94. The van der Waals surface area contributed by atoms with Gasteiger partial charge in [-0.15, -0.1) is 0 Å². The van der Waals surface area contributed by atoms with Crippen molar-refractivity contribution in [3.63, 3.8) is 0 Å². The van der Waals surface area contributed by atoms with Crippen molar-refractivity contribution in [2.45, 2.75) is 26.8 Å². The van der Waals surface area contributed by atoms with Gasteiger partial charge in [0, 0.05) is 25.6 Å². The zero-order valence-electron chi connectivity index (χ0n) is 15.5. The zero-order valence-corrected chi connectivity index (χ0v) is 15.5. The minimum Gasteiger partial charge on any atom is -0.481 e. The second kappa shape index (κ2) is 9.52. The second-order valence-corrected chi connectivity index (χ2v) is 6.55. The first kappa shape index (κ1) is 20.2. The van der Waals surface area contributed by atoms with Crippen LogP contribution in [0.5, 0.6) is 0 Å². The van der Waals surface area contributed by atoms with Crippen molar-refractivity contribution in [3.05, 3.63) is 70.8 Å². The van der Waals surface area contributed by atoms with Crippen molar-refractivity contribution in [2.75, 3.05) is 6.54 Å². The number of carbonyl (C=O) groups is 3. The monoisotopic (exact) mass is 368 g/mol. The number of hydrogen-bond donors (Lipinski definition) is 3. The summed E-state index contributed by atoms with van der Waals surface area (Å²) in [7, 11) is 0. The lowest BCUT2D eigenvalue weighted by molar-refractivity contribution is -0.141. The lowest BCUT2D eigenvalue weighted by Gasteiger charge is -2.14. The number of aryl methyl sites for hydroxylation is 1. The predicted molar refractivity (Wildman–Crippen MR) is 102 cm³/mol. The van der Waals surface area contributed by atoms with Crippen molar-refractivity contribution in [3.8, 4) is 0 Å². The average Bonchev–Trinajstić information content (AvgIpc) is 2.63. The van der Waals surface area contributed by atoms with Crippen LogP contribution in [0.3, 0.4) is 0 Å². The Balaban J connectivity index is 1.93. The highest BCUT2D eigenvalue weighted by Crippen LogP contribution is 2.11. The van der Waals surface area contributed by atoms with E-state index >= 15 is 0 Å². The fourth-order valence-corrected chi connectivity index (χ4v) is 2.69. The van der Waals surface area contributed by atoms with E-state index in [-0.39, 0.29) is 18.4 Å². The lowest BCUT2D eigenvalue weighted by atomic mass is 9.98. The summed E-state index contributed by atoms with van der Waals surface area (Å²) in [5.41, 5.74) is 3.32. The van der Waals surface area contributed by atoms with Crippen LogP contribution in [0.4, 0.5) is 0 Å². The summed E-state index contributed by atoms with van der Waals surface area (Å²) in [5, 5.41) is 14.8. The number of benzene rings is 2. The number of rotatable bonds is 8. The molecular formula is C21H24N2O4. The largest absolute Gasteiger partial charge is 0.481 e. The molecule has 0 aromatic heterocycles. The molecule has 6 heteroatoms. The van der Waals surface area contributed by atoms with Crippen LogP contribution >= 0.6 is 0 Å². The molecule has 6 nitrogen and oxygen atoms in total. The molecule has 0 spiro atoms. The Bertz CT molecular complexity index is 815. The number of carboxylic acid groups (broad SMARTS) is 1. The van der Waals surface area contributed by atoms with Crippen LogP contribution in [0.1, 0.15) is 34.0 Å². The van der Waals surface area contributed by atoms with E-state index in [1.165, 1.54) is 6.92 Å². The van der Waals surface area contributed by atoms with Crippen LogP contribution in [0.15, 0.2) is 48.5 Å². The van der Waals surface area contributed by atoms with Crippen molar-refractivity contribution in [2.24, 2.45) is 5.92 Å². The minimum absolute atomic E-state index is 0.0513. The average molecular weight is 368 g/mol. The molecule has 1 unspecified atom stereocenters. The molecule has 0 heterocycles. The number of carboxylic acids is 1. The zero-order chi connectivity index (χ0) is 19.8. The van der Waals surface area contributed by atoms with Gasteiger partial charge in [0.1, 0.15) is 0 Å². The molecule has 2 aromatic carbocycles. The van der Waals surface area contributed by atoms with E-state index in [4.69, 9.17) is 0 Å². The summed E-state index contributed by atoms with van der Waals surface area (Å²) in [6, 6.07) is 14.5. The molecular weight excluding hydrogens is 344 g/mol. The minimum atomic E-state index is -0.942. The van der Waals surface area contributed by atoms with E-state index in [0.29, 0.717) is 18.5 Å². The molecule has 3 N–H and O–H groups in total. The van der Waals surface area contributed by atoms with Gasteiger partial charge in [-0.1, -0.05) is 42.0 Å². The van der Waals surface area contributed by atoms with Crippen molar-refractivity contribution in [1.29, 1.82) is 0 Å². The molecule has 0 saturated heterocycles. The summed E-state index contributed by atoms with van der Waals surface area (Å²) in [5.74, 6) is -2.08. The van der Waals surface area contributed by atoms with Crippen molar-refractivity contribution in [1.82, 2.24) is 10.6 Å². The third-order valence-corrected chi connectivity index (χ3v) is 4.18. The third-order valence-electron chi connectivity index (χ3n) is 4.18. The smallest absolute Gasteiger partial charge is 0.308 e. The van der Waals surface area contributed by atoms with Crippen LogP contribution in [0.25, 0.3) is 0 Å². The summed E-state index contributed by atoms with van der Waals surface area (Å²) in [6.45, 7) is 3.85. The Morgan fingerprint density at radius 2 is 1.70 bits per heavy atom. The van der Waals surface area contributed by atoms with Gasteiger partial charge in [0.15, 0.2) is 0 Å². The quantitative estimate of drug-likeness (QED) is 0.666. The van der Waals surface area contributed by atoms with Gasteiger partial charge in [0.25, 0.3) is 5.91 Å². The fourth-order valence-electron chi connectivity index (χ4n) is 2.69. The first-order chi connectivity index (χ1) is 12.8. The number of hydrogen-bond acceptors (Lipinski definition) is 3. The van der Waals surface area contributed by atoms with Gasteiger partial charge < -0.3 is 15.7 Å². The number of carbonyl (C=O) groups excluding carboxylic acids is 2. The maximum atomic E-state index is 12.3. The van der Waals surface area contributed by atoms with Crippen LogP contribution in [0, 0.1) is 12.8 Å². The standard InChI is InChI=1S/C21H24N2O4/c1-14-4-3-5-17(10-14)11-19(21(26)27)13-23-20(25)18-8-6-16(7-9-18)12-22-15(2)24/h3-10,19H,11-13H2,1-2H3,(H,22,24)(H,23,25)(H,26,27). The molecule has 2 aromatic rings. The molecule has 142 valence electrons. The summed E-state index contributed by atoms with van der Waals surface area (Å²) < 4.78 is 0. The maximum absolute atomic E-state index is 12.3. The molecule has 0 aliphatic heterocycles. The molecule has 0 bridgehead atoms. The van der Waals surface area contributed by atoms with E-state index in [9.17, 15) is 19.5 Å². The lowest BCUT2D eigenvalue weighted by Crippen LogP contribution is -2.34. The molecule has 2 rings (SSSR count). The van der Waals surface area contributed by atoms with E-state index in [2.05, 4.69) is 10.6 Å². The van der Waals surface area contributed by atoms with E-state index < -0.39 is 11.9 Å². The summed E-state index contributed by atoms with van der Waals surface area (Å²) in [6.07, 6.45) is 0.354. The highest BCUT2D eigenvalue weighted by Gasteiger charge is 2.19. The van der Waals surface area contributed by atoms with Gasteiger partial charge in [-0.3, -0.25) is 14.4 Å². The Hall–Kier alpha value is -3.15. The van der Waals surface area contributed by atoms with Crippen LogP contribution in [0.2, 0.25) is 0 Å². The Kier molecular flexibility index (Phi) is 7.11. The number of aliphatic carboxylic acids is 1. The summed E-state index contributed by atoms with van der Waals surface area (Å²) in [4.78, 5) is 34.7. The van der Waals surface area contributed by atoms with E-state index in [1.807, 2.05) is 31.2 Å². The third kappa shape index (κ3) is 6.58. The normalized spacial score (nSPS) is 11.5. The number of nitrogens with one attached hydrogen (secondary N) is 2. The van der Waals surface area contributed by atoms with Gasteiger partial charge >= 0.3 is 5.97 Å². The first-order valence-electron chi connectivity index (χ1n) is 8.75. The Morgan fingerprint density at radius 3 is 2.30 bits per heavy atom. The van der Waals surface area contributed by atoms with Crippen LogP contribution in [-0.4, -0.2) is 29.4 Å². The molecule has 1 atom stereocenters. The van der Waals surface area contributed by atoms with Gasteiger partial charge in [0.2, 0.25) is 5.91 Å². The number of amides is 2. The molecule has 0 saturated carbocycles. The van der Waals surface area contributed by atoms with E-state index in [1.54, 1.807) is 24.3 Å². The molecule has 0 aliphatic carbocycles. The van der Waals surface area contributed by atoms with Crippen molar-refractivity contribution < 1.29 is 19.5 Å². The van der Waals surface area contributed by atoms with Gasteiger partial charge in [-0.2, -0.15) is 0 Å². The SMILES string of the molecule is CC(=O)NCc1ccc(C(=O)NCC(Cc2cccc(C)c2)C(=O)O)cc1. The van der Waals surface area contributed by atoms with Gasteiger partial charge in [0.05, 0.1) is 5.92 Å². The molecule has 0 fully saturated rings. The van der Waals surface area contributed by atoms with Crippen LogP contribution in [-0.2, 0) is 22.6 Å². The molecule has 0 aliphatic rings. The van der Waals surface area contributed by atoms with Gasteiger partial charge in [-0.05, 0) is 36.6 Å². The fraction of sp³-hybridized carbons (Fsp3) is 0.286. The highest BCUT2D eigenvalue weighted by atomic mass is 16.4. The molecule has 27 heavy (non-hydrogen) atoms.